The molecule has 7 heteroatoms. The van der Waals surface area contributed by atoms with Gasteiger partial charge in [-0.2, -0.15) is 22.7 Å². The average molecular weight is 288 g/mol. The molecule has 0 aliphatic heterocycles. The predicted molar refractivity (Wildman–Crippen MR) is 74.3 cm³/mol. The van der Waals surface area contributed by atoms with Crippen LogP contribution in [0.1, 0.15) is 38.5 Å². The second-order valence-corrected chi connectivity index (χ2v) is 6.90. The Balaban J connectivity index is 2.60. The fourth-order valence-electron chi connectivity index (χ4n) is 2.48. The van der Waals surface area contributed by atoms with E-state index >= 15 is 0 Å². The maximum atomic E-state index is 12.1. The lowest BCUT2D eigenvalue weighted by molar-refractivity contribution is 0.290. The molecule has 1 rings (SSSR count). The van der Waals surface area contributed by atoms with Crippen LogP contribution in [-0.4, -0.2) is 38.9 Å². The van der Waals surface area contributed by atoms with Crippen LogP contribution in [-0.2, 0) is 10.2 Å². The predicted octanol–water partition coefficient (Wildman–Crippen LogP) is 0.574. The van der Waals surface area contributed by atoms with Crippen molar-refractivity contribution in [3.8, 4) is 6.07 Å². The molecule has 0 aromatic rings. The summed E-state index contributed by atoms with van der Waals surface area (Å²) in [7, 11) is -2.06. The monoisotopic (exact) mass is 288 g/mol. The molecule has 0 aromatic carbocycles. The first-order chi connectivity index (χ1) is 9.01. The zero-order valence-corrected chi connectivity index (χ0v) is 12.3. The van der Waals surface area contributed by atoms with Crippen LogP contribution < -0.4 is 10.5 Å². The highest BCUT2D eigenvalue weighted by atomic mass is 32.2. The standard InChI is InChI=1S/C12H24N4O2S/c1-16(9-5-8-13)19(17,18)15-12(10-14)11-6-3-2-4-7-11/h11-12,15H,2-7,9-10,14H2,1H3/t12-/m1/s1. The Morgan fingerprint density at radius 2 is 2.05 bits per heavy atom. The van der Waals surface area contributed by atoms with E-state index in [0.29, 0.717) is 12.5 Å². The normalized spacial score (nSPS) is 19.3. The number of nitriles is 1. The first kappa shape index (κ1) is 16.4. The molecule has 1 saturated carbocycles. The van der Waals surface area contributed by atoms with E-state index in [0.717, 1.165) is 25.7 Å². The van der Waals surface area contributed by atoms with Gasteiger partial charge in [0.1, 0.15) is 0 Å². The summed E-state index contributed by atoms with van der Waals surface area (Å²) >= 11 is 0. The summed E-state index contributed by atoms with van der Waals surface area (Å²) in [5.74, 6) is 0.331. The molecule has 0 saturated heterocycles. The van der Waals surface area contributed by atoms with E-state index < -0.39 is 10.2 Å². The van der Waals surface area contributed by atoms with E-state index in [1.807, 2.05) is 6.07 Å². The molecule has 0 unspecified atom stereocenters. The third kappa shape index (κ3) is 5.07. The van der Waals surface area contributed by atoms with Crippen molar-refractivity contribution in [1.82, 2.24) is 9.03 Å². The Morgan fingerprint density at radius 1 is 1.42 bits per heavy atom. The van der Waals surface area contributed by atoms with Crippen LogP contribution in [0.2, 0.25) is 0 Å². The zero-order valence-electron chi connectivity index (χ0n) is 11.5. The highest BCUT2D eigenvalue weighted by Crippen LogP contribution is 2.26. The molecular formula is C12H24N4O2S. The van der Waals surface area contributed by atoms with Gasteiger partial charge in [-0.3, -0.25) is 0 Å². The fraction of sp³-hybridized carbons (Fsp3) is 0.917. The molecule has 1 aliphatic rings. The molecular weight excluding hydrogens is 264 g/mol. The van der Waals surface area contributed by atoms with Crippen molar-refractivity contribution in [3.05, 3.63) is 0 Å². The van der Waals surface area contributed by atoms with Gasteiger partial charge < -0.3 is 5.73 Å². The molecule has 0 heterocycles. The molecule has 3 N–H and O–H groups in total. The maximum absolute atomic E-state index is 12.1. The van der Waals surface area contributed by atoms with Crippen molar-refractivity contribution in [1.29, 1.82) is 5.26 Å². The Labute approximate surface area is 116 Å². The minimum atomic E-state index is -3.54. The van der Waals surface area contributed by atoms with E-state index in [4.69, 9.17) is 11.0 Å². The van der Waals surface area contributed by atoms with Crippen LogP contribution in [0.3, 0.4) is 0 Å². The van der Waals surface area contributed by atoms with Crippen LogP contribution in [0.5, 0.6) is 0 Å². The summed E-state index contributed by atoms with van der Waals surface area (Å²) in [4.78, 5) is 0. The van der Waals surface area contributed by atoms with Gasteiger partial charge >= 0.3 is 0 Å². The molecule has 1 atom stereocenters. The summed E-state index contributed by atoms with van der Waals surface area (Å²) in [6, 6.07) is 1.74. The Morgan fingerprint density at radius 3 is 2.58 bits per heavy atom. The second kappa shape index (κ2) is 7.80. The number of hydrogen-bond acceptors (Lipinski definition) is 4. The molecule has 0 radical (unpaired) electrons. The first-order valence-corrected chi connectivity index (χ1v) is 8.26. The van der Waals surface area contributed by atoms with Gasteiger partial charge in [-0.15, -0.1) is 0 Å². The third-order valence-electron chi connectivity index (χ3n) is 3.72. The van der Waals surface area contributed by atoms with Gasteiger partial charge in [0.05, 0.1) is 6.07 Å². The highest BCUT2D eigenvalue weighted by molar-refractivity contribution is 7.87. The number of nitrogens with one attached hydrogen (secondary N) is 1. The van der Waals surface area contributed by atoms with Gasteiger partial charge in [0.2, 0.25) is 0 Å². The summed E-state index contributed by atoms with van der Waals surface area (Å²) in [5.41, 5.74) is 5.71. The quantitative estimate of drug-likeness (QED) is 0.715. The van der Waals surface area contributed by atoms with Crippen LogP contribution in [0, 0.1) is 17.2 Å². The van der Waals surface area contributed by atoms with Crippen LogP contribution in [0.25, 0.3) is 0 Å². The van der Waals surface area contributed by atoms with Crippen LogP contribution in [0.4, 0.5) is 0 Å². The van der Waals surface area contributed by atoms with E-state index in [2.05, 4.69) is 4.72 Å². The molecule has 6 nitrogen and oxygen atoms in total. The average Bonchev–Trinajstić information content (AvgIpc) is 2.43. The Bertz CT molecular complexity index is 398. The number of rotatable bonds is 7. The SMILES string of the molecule is CN(CCC#N)S(=O)(=O)N[C@H](CN)C1CCCCC1. The third-order valence-corrected chi connectivity index (χ3v) is 5.33. The van der Waals surface area contributed by atoms with Crippen molar-refractivity contribution in [2.45, 2.75) is 44.6 Å². The summed E-state index contributed by atoms with van der Waals surface area (Å²) in [6.07, 6.45) is 5.77. The Hall–Kier alpha value is -0.680. The molecule has 1 fully saturated rings. The Kier molecular flexibility index (Phi) is 6.72. The zero-order chi connectivity index (χ0) is 14.3. The van der Waals surface area contributed by atoms with E-state index in [-0.39, 0.29) is 19.0 Å². The molecule has 1 aliphatic carbocycles. The lowest BCUT2D eigenvalue weighted by atomic mass is 9.84. The topological polar surface area (TPSA) is 99.2 Å². The summed E-state index contributed by atoms with van der Waals surface area (Å²) in [6.45, 7) is 0.518. The maximum Gasteiger partial charge on any atom is 0.279 e. The van der Waals surface area contributed by atoms with Crippen molar-refractivity contribution < 1.29 is 8.42 Å². The van der Waals surface area contributed by atoms with E-state index in [9.17, 15) is 8.42 Å². The van der Waals surface area contributed by atoms with Crippen molar-refractivity contribution in [2.24, 2.45) is 11.7 Å². The lowest BCUT2D eigenvalue weighted by Gasteiger charge is -2.31. The van der Waals surface area contributed by atoms with Gasteiger partial charge in [0.25, 0.3) is 10.2 Å². The summed E-state index contributed by atoms with van der Waals surface area (Å²) in [5, 5.41) is 8.50. The number of nitrogens with zero attached hydrogens (tertiary/aromatic N) is 2. The lowest BCUT2D eigenvalue weighted by Crippen LogP contribution is -2.50. The molecule has 0 bridgehead atoms. The molecule has 0 spiro atoms. The van der Waals surface area contributed by atoms with Crippen LogP contribution in [0.15, 0.2) is 0 Å². The largest absolute Gasteiger partial charge is 0.329 e. The fourth-order valence-corrected chi connectivity index (χ4v) is 3.67. The minimum Gasteiger partial charge on any atom is -0.329 e. The van der Waals surface area contributed by atoms with Gasteiger partial charge in [-0.1, -0.05) is 19.3 Å². The van der Waals surface area contributed by atoms with Gasteiger partial charge in [0, 0.05) is 32.6 Å². The highest BCUT2D eigenvalue weighted by Gasteiger charge is 2.28. The van der Waals surface area contributed by atoms with Crippen molar-refractivity contribution in [2.75, 3.05) is 20.1 Å². The van der Waals surface area contributed by atoms with Gasteiger partial charge in [0.15, 0.2) is 0 Å². The first-order valence-electron chi connectivity index (χ1n) is 6.82. The molecule has 19 heavy (non-hydrogen) atoms. The second-order valence-electron chi connectivity index (χ2n) is 5.09. The molecule has 0 amide bonds. The minimum absolute atomic E-state index is 0.189. The molecule has 110 valence electrons. The summed E-state index contributed by atoms with van der Waals surface area (Å²) < 4.78 is 28.1. The van der Waals surface area contributed by atoms with Gasteiger partial charge in [-0.05, 0) is 18.8 Å². The number of hydrogen-bond donors (Lipinski definition) is 2. The van der Waals surface area contributed by atoms with Crippen LogP contribution >= 0.6 is 0 Å². The molecule has 0 aromatic heterocycles. The van der Waals surface area contributed by atoms with Gasteiger partial charge in [-0.25, -0.2) is 0 Å². The van der Waals surface area contributed by atoms with Crippen molar-refractivity contribution >= 4 is 10.2 Å². The van der Waals surface area contributed by atoms with Crippen molar-refractivity contribution in [3.63, 3.8) is 0 Å². The number of nitrogens with two attached hydrogens (primary N) is 1. The van der Waals surface area contributed by atoms with E-state index in [1.54, 1.807) is 0 Å². The van der Waals surface area contributed by atoms with E-state index in [1.165, 1.54) is 17.8 Å². The smallest absolute Gasteiger partial charge is 0.279 e.